The Bertz CT molecular complexity index is 508. The molecule has 134 valence electrons. The molecule has 6 heteroatoms. The molecule has 0 bridgehead atoms. The lowest BCUT2D eigenvalue weighted by Gasteiger charge is -2.33. The molecule has 6 nitrogen and oxygen atoms in total. The van der Waals surface area contributed by atoms with E-state index in [9.17, 15) is 5.11 Å². The number of hydrogen-bond donors (Lipinski definition) is 1. The number of ether oxygens (including phenoxy) is 3. The number of likely N-dealkylation sites (N-methyl/N-ethyl adjacent to an activating group) is 1. The van der Waals surface area contributed by atoms with Crippen molar-refractivity contribution in [2.75, 3.05) is 59.1 Å². The average Bonchev–Trinajstić information content (AvgIpc) is 2.62. The fourth-order valence-electron chi connectivity index (χ4n) is 3.21. The smallest absolute Gasteiger partial charge is 0.161 e. The van der Waals surface area contributed by atoms with Gasteiger partial charge in [0.15, 0.2) is 11.5 Å². The maximum Gasteiger partial charge on any atom is 0.161 e. The number of aliphatic hydroxyl groups is 1. The molecule has 2 heterocycles. The van der Waals surface area contributed by atoms with Gasteiger partial charge in [-0.3, -0.25) is 9.80 Å². The van der Waals surface area contributed by atoms with E-state index in [-0.39, 0.29) is 12.2 Å². The monoisotopic (exact) mass is 336 g/mol. The van der Waals surface area contributed by atoms with E-state index >= 15 is 0 Å². The number of hydrogen-bond acceptors (Lipinski definition) is 6. The minimum Gasteiger partial charge on any atom is -0.486 e. The summed E-state index contributed by atoms with van der Waals surface area (Å²) in [6, 6.07) is 7.76. The van der Waals surface area contributed by atoms with Crippen LogP contribution in [0.25, 0.3) is 0 Å². The number of morpholine rings is 1. The lowest BCUT2D eigenvalue weighted by Crippen LogP contribution is -2.47. The molecule has 1 saturated heterocycles. The minimum absolute atomic E-state index is 0.00423. The zero-order valence-electron chi connectivity index (χ0n) is 14.4. The maximum atomic E-state index is 10.4. The van der Waals surface area contributed by atoms with Gasteiger partial charge in [0.2, 0.25) is 0 Å². The Hall–Kier alpha value is -1.34. The lowest BCUT2D eigenvalue weighted by atomic mass is 10.2. The standard InChI is InChI=1S/C18H28N2O4/c1-2-19(11-15(21)12-20-7-9-22-10-8-20)13-16-14-23-17-5-3-4-6-18(17)24-16/h3-6,15-16,21H,2,7-14H2,1H3. The summed E-state index contributed by atoms with van der Waals surface area (Å²) < 4.78 is 17.1. The van der Waals surface area contributed by atoms with Crippen LogP contribution in [0.5, 0.6) is 11.5 Å². The third-order valence-corrected chi connectivity index (χ3v) is 4.52. The van der Waals surface area contributed by atoms with Crippen LogP contribution in [0.15, 0.2) is 24.3 Å². The van der Waals surface area contributed by atoms with E-state index in [1.165, 1.54) is 0 Å². The number of fused-ring (bicyclic) bond motifs is 1. The van der Waals surface area contributed by atoms with Gasteiger partial charge in [-0.25, -0.2) is 0 Å². The molecule has 0 aliphatic carbocycles. The third kappa shape index (κ3) is 4.83. The molecule has 0 amide bonds. The van der Waals surface area contributed by atoms with E-state index in [1.54, 1.807) is 0 Å². The van der Waals surface area contributed by atoms with E-state index in [0.717, 1.165) is 50.9 Å². The van der Waals surface area contributed by atoms with Crippen molar-refractivity contribution in [1.82, 2.24) is 9.80 Å². The van der Waals surface area contributed by atoms with Crippen LogP contribution in [0, 0.1) is 0 Å². The van der Waals surface area contributed by atoms with E-state index in [1.807, 2.05) is 24.3 Å². The molecule has 2 unspecified atom stereocenters. The largest absolute Gasteiger partial charge is 0.486 e. The third-order valence-electron chi connectivity index (χ3n) is 4.52. The Balaban J connectivity index is 1.46. The molecule has 1 aromatic carbocycles. The van der Waals surface area contributed by atoms with Crippen molar-refractivity contribution in [3.8, 4) is 11.5 Å². The number of benzene rings is 1. The van der Waals surface area contributed by atoms with Gasteiger partial charge < -0.3 is 19.3 Å². The van der Waals surface area contributed by atoms with Gasteiger partial charge in [-0.1, -0.05) is 19.1 Å². The summed E-state index contributed by atoms with van der Waals surface area (Å²) in [6.45, 7) is 8.96. The lowest BCUT2D eigenvalue weighted by molar-refractivity contribution is 0.000572. The first-order valence-electron chi connectivity index (χ1n) is 8.83. The van der Waals surface area contributed by atoms with Crippen LogP contribution in [0.4, 0.5) is 0 Å². The SMILES string of the molecule is CCN(CC(O)CN1CCOCC1)CC1COc2ccccc2O1. The Morgan fingerprint density at radius 1 is 1.25 bits per heavy atom. The summed E-state index contributed by atoms with van der Waals surface area (Å²) in [5.41, 5.74) is 0. The highest BCUT2D eigenvalue weighted by atomic mass is 16.6. The molecule has 3 rings (SSSR count). The molecule has 0 aromatic heterocycles. The Labute approximate surface area is 143 Å². The summed E-state index contributed by atoms with van der Waals surface area (Å²) in [5, 5.41) is 10.4. The highest BCUT2D eigenvalue weighted by Gasteiger charge is 2.24. The van der Waals surface area contributed by atoms with Gasteiger partial charge >= 0.3 is 0 Å². The van der Waals surface area contributed by atoms with Crippen molar-refractivity contribution in [2.24, 2.45) is 0 Å². The second-order valence-corrected chi connectivity index (χ2v) is 6.42. The van der Waals surface area contributed by atoms with Crippen molar-refractivity contribution in [3.63, 3.8) is 0 Å². The van der Waals surface area contributed by atoms with Crippen molar-refractivity contribution in [2.45, 2.75) is 19.1 Å². The van der Waals surface area contributed by atoms with Crippen molar-refractivity contribution in [1.29, 1.82) is 0 Å². The number of β-amino-alcohol motifs (C(OH)–C–C–N with tert-alkyl or cyclic N) is 1. The molecule has 1 aromatic rings. The molecular weight excluding hydrogens is 308 g/mol. The van der Waals surface area contributed by atoms with Gasteiger partial charge in [0.25, 0.3) is 0 Å². The zero-order valence-corrected chi connectivity index (χ0v) is 14.4. The topological polar surface area (TPSA) is 54.4 Å². The van der Waals surface area contributed by atoms with Crippen LogP contribution >= 0.6 is 0 Å². The van der Waals surface area contributed by atoms with Crippen LogP contribution in [0.2, 0.25) is 0 Å². The van der Waals surface area contributed by atoms with E-state index in [0.29, 0.717) is 19.7 Å². The van der Waals surface area contributed by atoms with Crippen LogP contribution < -0.4 is 9.47 Å². The number of para-hydroxylation sites is 2. The second-order valence-electron chi connectivity index (χ2n) is 6.42. The first-order chi connectivity index (χ1) is 11.7. The number of rotatable bonds is 7. The molecule has 24 heavy (non-hydrogen) atoms. The highest BCUT2D eigenvalue weighted by Crippen LogP contribution is 2.30. The fourth-order valence-corrected chi connectivity index (χ4v) is 3.21. The fraction of sp³-hybridized carbons (Fsp3) is 0.667. The molecule has 0 saturated carbocycles. The number of nitrogens with zero attached hydrogens (tertiary/aromatic N) is 2. The van der Waals surface area contributed by atoms with Gasteiger partial charge in [-0.2, -0.15) is 0 Å². The maximum absolute atomic E-state index is 10.4. The molecule has 2 aliphatic rings. The van der Waals surface area contributed by atoms with Crippen LogP contribution in [-0.4, -0.2) is 86.2 Å². The predicted octanol–water partition coefficient (Wildman–Crippen LogP) is 0.841. The summed E-state index contributed by atoms with van der Waals surface area (Å²) in [7, 11) is 0. The van der Waals surface area contributed by atoms with Crippen LogP contribution in [0.3, 0.4) is 0 Å². The minimum atomic E-state index is -0.361. The van der Waals surface area contributed by atoms with Gasteiger partial charge in [0.05, 0.1) is 19.3 Å². The summed E-state index contributed by atoms with van der Waals surface area (Å²) in [6.07, 6.45) is -0.365. The highest BCUT2D eigenvalue weighted by molar-refractivity contribution is 5.40. The first kappa shape index (κ1) is 17.5. The summed E-state index contributed by atoms with van der Waals surface area (Å²) >= 11 is 0. The van der Waals surface area contributed by atoms with Crippen molar-refractivity contribution in [3.05, 3.63) is 24.3 Å². The molecule has 2 atom stereocenters. The van der Waals surface area contributed by atoms with E-state index in [2.05, 4.69) is 16.7 Å². The average molecular weight is 336 g/mol. The van der Waals surface area contributed by atoms with E-state index in [4.69, 9.17) is 14.2 Å². The Kier molecular flexibility index (Phi) is 6.31. The predicted molar refractivity (Wildman–Crippen MR) is 91.7 cm³/mol. The van der Waals surface area contributed by atoms with Crippen LogP contribution in [0.1, 0.15) is 6.92 Å². The summed E-state index contributed by atoms with van der Waals surface area (Å²) in [4.78, 5) is 4.49. The first-order valence-corrected chi connectivity index (χ1v) is 8.83. The number of aliphatic hydroxyl groups excluding tert-OH is 1. The van der Waals surface area contributed by atoms with Gasteiger partial charge in [0.1, 0.15) is 12.7 Å². The molecule has 1 fully saturated rings. The molecular formula is C18H28N2O4. The van der Waals surface area contributed by atoms with Crippen LogP contribution in [-0.2, 0) is 4.74 Å². The van der Waals surface area contributed by atoms with Gasteiger partial charge in [0, 0.05) is 32.7 Å². The normalized spacial score (nSPS) is 22.5. The molecule has 1 N–H and O–H groups in total. The quantitative estimate of drug-likeness (QED) is 0.796. The van der Waals surface area contributed by atoms with Gasteiger partial charge in [-0.15, -0.1) is 0 Å². The van der Waals surface area contributed by atoms with Gasteiger partial charge in [-0.05, 0) is 18.7 Å². The molecule has 2 aliphatic heterocycles. The Morgan fingerprint density at radius 2 is 2.00 bits per heavy atom. The summed E-state index contributed by atoms with van der Waals surface area (Å²) in [5.74, 6) is 1.61. The van der Waals surface area contributed by atoms with Crippen molar-refractivity contribution < 1.29 is 19.3 Å². The second kappa shape index (κ2) is 8.67. The Morgan fingerprint density at radius 3 is 2.75 bits per heavy atom. The zero-order chi connectivity index (χ0) is 16.8. The molecule has 0 spiro atoms. The molecule has 0 radical (unpaired) electrons. The van der Waals surface area contributed by atoms with Crippen molar-refractivity contribution >= 4 is 0 Å². The van der Waals surface area contributed by atoms with E-state index < -0.39 is 0 Å².